The lowest BCUT2D eigenvalue weighted by atomic mass is 10.1. The molecule has 0 N–H and O–H groups in total. The van der Waals surface area contributed by atoms with Crippen molar-refractivity contribution < 1.29 is 4.74 Å². The standard InChI is InChI=1S/C11H11N3O/c1-8-4-3-5-9(2)10(8)15-11-13-6-12-7-14-11/h3-7H,1-2H3. The molecule has 1 aromatic carbocycles. The molecule has 15 heavy (non-hydrogen) atoms. The molecular weight excluding hydrogens is 190 g/mol. The van der Waals surface area contributed by atoms with Crippen LogP contribution in [0.5, 0.6) is 11.8 Å². The number of nitrogens with zero attached hydrogens (tertiary/aromatic N) is 3. The zero-order valence-corrected chi connectivity index (χ0v) is 8.64. The Bertz CT molecular complexity index is 436. The van der Waals surface area contributed by atoms with Crippen LogP contribution in [-0.2, 0) is 0 Å². The minimum Gasteiger partial charge on any atom is -0.424 e. The lowest BCUT2D eigenvalue weighted by Crippen LogP contribution is -1.95. The Morgan fingerprint density at radius 2 is 1.60 bits per heavy atom. The molecule has 2 aromatic rings. The van der Waals surface area contributed by atoms with Crippen molar-refractivity contribution in [1.82, 2.24) is 15.0 Å². The van der Waals surface area contributed by atoms with Gasteiger partial charge >= 0.3 is 6.01 Å². The van der Waals surface area contributed by atoms with E-state index in [1.807, 2.05) is 32.0 Å². The molecule has 0 saturated carbocycles. The van der Waals surface area contributed by atoms with Crippen molar-refractivity contribution in [2.45, 2.75) is 13.8 Å². The van der Waals surface area contributed by atoms with Gasteiger partial charge in [-0.2, -0.15) is 9.97 Å². The van der Waals surface area contributed by atoms with E-state index >= 15 is 0 Å². The van der Waals surface area contributed by atoms with Crippen molar-refractivity contribution in [3.63, 3.8) is 0 Å². The van der Waals surface area contributed by atoms with Crippen LogP contribution < -0.4 is 4.74 Å². The third-order valence-electron chi connectivity index (χ3n) is 2.07. The summed E-state index contributed by atoms with van der Waals surface area (Å²) in [6, 6.07) is 6.29. The fourth-order valence-electron chi connectivity index (χ4n) is 1.33. The number of hydrogen-bond donors (Lipinski definition) is 0. The number of aryl methyl sites for hydroxylation is 2. The van der Waals surface area contributed by atoms with Gasteiger partial charge in [0.15, 0.2) is 0 Å². The van der Waals surface area contributed by atoms with Gasteiger partial charge in [-0.25, -0.2) is 4.98 Å². The van der Waals surface area contributed by atoms with Gasteiger partial charge in [0.1, 0.15) is 18.4 Å². The summed E-state index contributed by atoms with van der Waals surface area (Å²) in [5.74, 6) is 0.809. The Hall–Kier alpha value is -1.97. The molecule has 0 bridgehead atoms. The smallest absolute Gasteiger partial charge is 0.324 e. The molecular formula is C11H11N3O. The van der Waals surface area contributed by atoms with Crippen LogP contribution in [0.1, 0.15) is 11.1 Å². The number of rotatable bonds is 2. The Labute approximate surface area is 88.0 Å². The molecule has 2 rings (SSSR count). The van der Waals surface area contributed by atoms with E-state index in [4.69, 9.17) is 4.74 Å². The topological polar surface area (TPSA) is 47.9 Å². The summed E-state index contributed by atoms with van der Waals surface area (Å²) in [5.41, 5.74) is 2.13. The number of benzene rings is 1. The maximum absolute atomic E-state index is 5.58. The summed E-state index contributed by atoms with van der Waals surface area (Å²) >= 11 is 0. The second-order valence-electron chi connectivity index (χ2n) is 3.24. The molecule has 0 unspecified atom stereocenters. The van der Waals surface area contributed by atoms with Crippen molar-refractivity contribution in [2.75, 3.05) is 0 Å². The predicted octanol–water partition coefficient (Wildman–Crippen LogP) is 2.28. The number of para-hydroxylation sites is 1. The average Bonchev–Trinajstić information content (AvgIpc) is 2.25. The molecule has 4 heteroatoms. The van der Waals surface area contributed by atoms with Gasteiger partial charge in [-0.15, -0.1) is 0 Å². The zero-order valence-electron chi connectivity index (χ0n) is 8.64. The van der Waals surface area contributed by atoms with Crippen molar-refractivity contribution in [3.8, 4) is 11.8 Å². The van der Waals surface area contributed by atoms with Gasteiger partial charge in [-0.3, -0.25) is 0 Å². The van der Waals surface area contributed by atoms with E-state index in [0.717, 1.165) is 16.9 Å². The summed E-state index contributed by atoms with van der Waals surface area (Å²) in [5, 5.41) is 0. The molecule has 0 aliphatic carbocycles. The molecule has 76 valence electrons. The minimum absolute atomic E-state index is 0.322. The van der Waals surface area contributed by atoms with Gasteiger partial charge in [0.05, 0.1) is 0 Å². The van der Waals surface area contributed by atoms with Crippen LogP contribution in [0.2, 0.25) is 0 Å². The highest BCUT2D eigenvalue weighted by molar-refractivity contribution is 5.41. The SMILES string of the molecule is Cc1cccc(C)c1Oc1ncncn1. The minimum atomic E-state index is 0.322. The van der Waals surface area contributed by atoms with Crippen LogP contribution in [0.4, 0.5) is 0 Å². The highest BCUT2D eigenvalue weighted by Crippen LogP contribution is 2.25. The van der Waals surface area contributed by atoms with E-state index < -0.39 is 0 Å². The quantitative estimate of drug-likeness (QED) is 0.747. The third kappa shape index (κ3) is 2.10. The van der Waals surface area contributed by atoms with E-state index in [1.165, 1.54) is 12.7 Å². The number of hydrogen-bond acceptors (Lipinski definition) is 4. The fourth-order valence-corrected chi connectivity index (χ4v) is 1.33. The van der Waals surface area contributed by atoms with Crippen LogP contribution in [0, 0.1) is 13.8 Å². The lowest BCUT2D eigenvalue weighted by molar-refractivity contribution is 0.433. The summed E-state index contributed by atoms with van der Waals surface area (Å²) in [7, 11) is 0. The van der Waals surface area contributed by atoms with E-state index in [9.17, 15) is 0 Å². The van der Waals surface area contributed by atoms with Gasteiger partial charge in [0, 0.05) is 0 Å². The van der Waals surface area contributed by atoms with Gasteiger partial charge in [0.25, 0.3) is 0 Å². The highest BCUT2D eigenvalue weighted by Gasteiger charge is 2.05. The maximum Gasteiger partial charge on any atom is 0.324 e. The van der Waals surface area contributed by atoms with E-state index in [1.54, 1.807) is 0 Å². The van der Waals surface area contributed by atoms with Gasteiger partial charge in [-0.05, 0) is 25.0 Å². The van der Waals surface area contributed by atoms with E-state index in [2.05, 4.69) is 15.0 Å². The van der Waals surface area contributed by atoms with Crippen molar-refractivity contribution in [2.24, 2.45) is 0 Å². The second-order valence-corrected chi connectivity index (χ2v) is 3.24. The Morgan fingerprint density at radius 3 is 2.20 bits per heavy atom. The van der Waals surface area contributed by atoms with Crippen molar-refractivity contribution in [3.05, 3.63) is 42.0 Å². The molecule has 1 aromatic heterocycles. The molecule has 0 aliphatic heterocycles. The maximum atomic E-state index is 5.58. The normalized spacial score (nSPS) is 10.0. The first-order valence-corrected chi connectivity index (χ1v) is 4.63. The molecule has 1 heterocycles. The second kappa shape index (κ2) is 4.04. The van der Waals surface area contributed by atoms with Crippen LogP contribution in [0.25, 0.3) is 0 Å². The van der Waals surface area contributed by atoms with Gasteiger partial charge in [0.2, 0.25) is 0 Å². The van der Waals surface area contributed by atoms with Crippen molar-refractivity contribution >= 4 is 0 Å². The number of ether oxygens (including phenoxy) is 1. The Balaban J connectivity index is 2.32. The largest absolute Gasteiger partial charge is 0.424 e. The molecule has 0 atom stereocenters. The van der Waals surface area contributed by atoms with Crippen LogP contribution >= 0.6 is 0 Å². The molecule has 0 spiro atoms. The summed E-state index contributed by atoms with van der Waals surface area (Å²) in [6.07, 6.45) is 2.83. The summed E-state index contributed by atoms with van der Waals surface area (Å²) < 4.78 is 5.58. The lowest BCUT2D eigenvalue weighted by Gasteiger charge is -2.08. The number of aromatic nitrogens is 3. The Kier molecular flexibility index (Phi) is 2.58. The summed E-state index contributed by atoms with van der Waals surface area (Å²) in [4.78, 5) is 11.6. The first-order valence-electron chi connectivity index (χ1n) is 4.63. The van der Waals surface area contributed by atoms with Gasteiger partial charge in [-0.1, -0.05) is 18.2 Å². The van der Waals surface area contributed by atoms with Crippen LogP contribution in [-0.4, -0.2) is 15.0 Å². The van der Waals surface area contributed by atoms with E-state index in [-0.39, 0.29) is 0 Å². The first-order chi connectivity index (χ1) is 7.27. The third-order valence-corrected chi connectivity index (χ3v) is 2.07. The van der Waals surface area contributed by atoms with Crippen LogP contribution in [0.15, 0.2) is 30.9 Å². The molecule has 0 fully saturated rings. The molecule has 4 nitrogen and oxygen atoms in total. The van der Waals surface area contributed by atoms with Crippen molar-refractivity contribution in [1.29, 1.82) is 0 Å². The monoisotopic (exact) mass is 201 g/mol. The highest BCUT2D eigenvalue weighted by atomic mass is 16.5. The molecule has 0 radical (unpaired) electrons. The average molecular weight is 201 g/mol. The predicted molar refractivity (Wildman–Crippen MR) is 55.8 cm³/mol. The zero-order chi connectivity index (χ0) is 10.7. The molecule has 0 saturated heterocycles. The first kappa shape index (κ1) is 9.58. The molecule has 0 amide bonds. The fraction of sp³-hybridized carbons (Fsp3) is 0.182. The van der Waals surface area contributed by atoms with Crippen LogP contribution in [0.3, 0.4) is 0 Å². The molecule has 0 aliphatic rings. The Morgan fingerprint density at radius 1 is 1.00 bits per heavy atom. The van der Waals surface area contributed by atoms with E-state index in [0.29, 0.717) is 6.01 Å². The van der Waals surface area contributed by atoms with Gasteiger partial charge < -0.3 is 4.74 Å². The summed E-state index contributed by atoms with van der Waals surface area (Å²) in [6.45, 7) is 3.98.